The highest BCUT2D eigenvalue weighted by molar-refractivity contribution is 5.77. The Balaban J connectivity index is 1.50. The number of aliphatic carboxylic acids is 1. The van der Waals surface area contributed by atoms with E-state index in [-0.39, 0.29) is 12.3 Å². The van der Waals surface area contributed by atoms with Gasteiger partial charge in [0.25, 0.3) is 5.79 Å². The minimum Gasteiger partial charge on any atom is -0.477 e. The number of nitrogens with one attached hydrogen (secondary N) is 2. The van der Waals surface area contributed by atoms with Crippen molar-refractivity contribution < 1.29 is 104 Å². The van der Waals surface area contributed by atoms with Gasteiger partial charge < -0.3 is 100 Å². The highest BCUT2D eigenvalue weighted by atomic mass is 16.8. The maximum atomic E-state index is 13.5. The second-order valence-corrected chi connectivity index (χ2v) is 27.2. The fourth-order valence-electron chi connectivity index (χ4n) is 12.9. The van der Waals surface area contributed by atoms with Gasteiger partial charge in [0.2, 0.25) is 11.8 Å². The molecule has 0 aliphatic carbocycles. The van der Waals surface area contributed by atoms with Crippen molar-refractivity contribution in [2.75, 3.05) is 26.4 Å². The molecule has 0 spiro atoms. The molecule has 3 aliphatic heterocycles. The van der Waals surface area contributed by atoms with Gasteiger partial charge in [0, 0.05) is 19.8 Å². The van der Waals surface area contributed by atoms with E-state index in [2.05, 4.69) is 36.6 Å². The number of carboxylic acids is 1. The fraction of sp³-hybridized carbons (Fsp3) is 0.903. The third-order valence-corrected chi connectivity index (χ3v) is 18.9. The molecule has 3 rings (SSSR count). The van der Waals surface area contributed by atoms with Gasteiger partial charge in [0.1, 0.15) is 67.1 Å². The number of hydrogen-bond donors (Lipinski definition) is 14. The van der Waals surface area contributed by atoms with E-state index in [0.29, 0.717) is 12.8 Å². The van der Waals surface area contributed by atoms with Gasteiger partial charge in [-0.1, -0.05) is 237 Å². The van der Waals surface area contributed by atoms with E-state index < -0.39 is 155 Å². The zero-order valence-corrected chi connectivity index (χ0v) is 58.3. The molecule has 18 atom stereocenters. The Labute approximate surface area is 568 Å². The van der Waals surface area contributed by atoms with Crippen LogP contribution in [0, 0.1) is 0 Å². The van der Waals surface area contributed by atoms with Crippen molar-refractivity contribution in [1.82, 2.24) is 10.6 Å². The number of carbonyl (C=O) groups excluding carboxylic acids is 2. The van der Waals surface area contributed by atoms with Crippen molar-refractivity contribution in [3.63, 3.8) is 0 Å². The number of aliphatic hydroxyl groups is 11. The average Bonchev–Trinajstić information content (AvgIpc) is 0.758. The average molecular weight is 1360 g/mol. The summed E-state index contributed by atoms with van der Waals surface area (Å²) in [5.41, 5.74) is 0. The van der Waals surface area contributed by atoms with Crippen LogP contribution in [-0.2, 0) is 42.8 Å². The van der Waals surface area contributed by atoms with E-state index in [1.807, 2.05) is 6.08 Å². The number of carbonyl (C=O) groups is 3. The Morgan fingerprint density at radius 3 is 1.43 bits per heavy atom. The van der Waals surface area contributed by atoms with E-state index >= 15 is 0 Å². The number of unbranched alkanes of at least 4 members (excludes halogenated alkanes) is 35. The maximum Gasteiger partial charge on any atom is 0.364 e. The number of ether oxygens (including phenoxy) is 6. The van der Waals surface area contributed by atoms with Crippen molar-refractivity contribution in [2.24, 2.45) is 0 Å². The lowest BCUT2D eigenvalue weighted by atomic mass is 9.88. The first kappa shape index (κ1) is 86.4. The summed E-state index contributed by atoms with van der Waals surface area (Å²) in [4.78, 5) is 38.6. The zero-order chi connectivity index (χ0) is 69.6. The Bertz CT molecular complexity index is 2010. The minimum absolute atomic E-state index is 0.201. The summed E-state index contributed by atoms with van der Waals surface area (Å²) in [7, 11) is 0. The molecule has 0 aromatic heterocycles. The van der Waals surface area contributed by atoms with Crippen LogP contribution in [0.2, 0.25) is 0 Å². The Morgan fingerprint density at radius 2 is 0.989 bits per heavy atom. The van der Waals surface area contributed by atoms with Crippen LogP contribution in [0.15, 0.2) is 24.3 Å². The van der Waals surface area contributed by atoms with Crippen molar-refractivity contribution in [1.29, 1.82) is 0 Å². The molecule has 23 nitrogen and oxygen atoms in total. The molecule has 3 fully saturated rings. The fourth-order valence-corrected chi connectivity index (χ4v) is 12.9. The lowest BCUT2D eigenvalue weighted by Gasteiger charge is -2.50. The van der Waals surface area contributed by atoms with Crippen molar-refractivity contribution in [2.45, 2.75) is 387 Å². The zero-order valence-electron chi connectivity index (χ0n) is 58.3. The quantitative estimate of drug-likeness (QED) is 0.0202. The van der Waals surface area contributed by atoms with E-state index in [1.54, 1.807) is 6.08 Å². The lowest BCUT2D eigenvalue weighted by molar-refractivity contribution is -0.386. The summed E-state index contributed by atoms with van der Waals surface area (Å²) in [5.74, 6) is -6.14. The van der Waals surface area contributed by atoms with Crippen molar-refractivity contribution in [3.8, 4) is 0 Å². The molecule has 3 saturated heterocycles. The van der Waals surface area contributed by atoms with Gasteiger partial charge in [-0.2, -0.15) is 0 Å². The van der Waals surface area contributed by atoms with E-state index in [4.69, 9.17) is 28.4 Å². The van der Waals surface area contributed by atoms with Crippen LogP contribution in [0.1, 0.15) is 278 Å². The highest BCUT2D eigenvalue weighted by Gasteiger charge is 2.60. The minimum atomic E-state index is -3.08. The second-order valence-electron chi connectivity index (χ2n) is 27.2. The molecule has 23 heteroatoms. The predicted molar refractivity (Wildman–Crippen MR) is 361 cm³/mol. The first-order chi connectivity index (χ1) is 45.9. The smallest absolute Gasteiger partial charge is 0.364 e. The molecule has 3 aliphatic rings. The number of carboxylic acid groups (broad SMARTS) is 1. The van der Waals surface area contributed by atoms with Crippen LogP contribution in [-0.4, -0.2) is 215 Å². The van der Waals surface area contributed by atoms with Crippen molar-refractivity contribution >= 4 is 17.8 Å². The van der Waals surface area contributed by atoms with Gasteiger partial charge in [-0.3, -0.25) is 9.59 Å². The summed E-state index contributed by atoms with van der Waals surface area (Å²) in [5, 5.41) is 136. The Morgan fingerprint density at radius 1 is 0.547 bits per heavy atom. The van der Waals surface area contributed by atoms with Gasteiger partial charge in [-0.15, -0.1) is 0 Å². The van der Waals surface area contributed by atoms with Gasteiger partial charge in [0.15, 0.2) is 12.6 Å². The number of aliphatic hydroxyl groups excluding tert-OH is 11. The lowest BCUT2D eigenvalue weighted by Crippen LogP contribution is -2.70. The molecule has 95 heavy (non-hydrogen) atoms. The number of amides is 2. The van der Waals surface area contributed by atoms with Crippen LogP contribution < -0.4 is 10.6 Å². The predicted octanol–water partition coefficient (Wildman–Crippen LogP) is 8.01. The first-order valence-corrected chi connectivity index (χ1v) is 37.2. The second kappa shape index (κ2) is 52.2. The first-order valence-electron chi connectivity index (χ1n) is 37.2. The Hall–Kier alpha value is -2.79. The molecule has 2 amide bonds. The summed E-state index contributed by atoms with van der Waals surface area (Å²) >= 11 is 0. The van der Waals surface area contributed by atoms with Crippen molar-refractivity contribution in [3.05, 3.63) is 24.3 Å². The van der Waals surface area contributed by atoms with Gasteiger partial charge in [0.05, 0.1) is 50.7 Å². The van der Waals surface area contributed by atoms with E-state index in [1.165, 1.54) is 186 Å². The summed E-state index contributed by atoms with van der Waals surface area (Å²) in [6.07, 6.45) is 25.3. The van der Waals surface area contributed by atoms with Crippen LogP contribution in [0.4, 0.5) is 0 Å². The van der Waals surface area contributed by atoms with Crippen LogP contribution >= 0.6 is 0 Å². The van der Waals surface area contributed by atoms with Gasteiger partial charge in [-0.25, -0.2) is 4.79 Å². The number of allylic oxidation sites excluding steroid dienone is 3. The molecule has 14 N–H and O–H groups in total. The standard InChI is InChI=1S/C72H132N2O21/c1-4-6-8-10-12-14-16-18-19-20-21-22-23-24-25-26-27-28-29-30-31-32-33-34-36-38-40-42-44-46-59(82)74-53(54(79)45-43-41-39-37-35-17-15-13-11-9-7-5-2)51-90-69-64(86)63(85)66(58(50-77)92-69)93-70-65(87)68(62(84)57(49-76)91-70)95-72(71(88)89)47-55(80)60(73-52(3)78)67(94-72)61(83)56(81)48-75/h24-25,43,45,53-58,60-70,75-77,79-81,83-87H,4-23,26-42,44,46-51H2,1-3H3,(H,73,78)(H,74,82)(H,88,89)/b25-24-,45-43+. The third kappa shape index (κ3) is 34.0. The SMILES string of the molecule is CCCCCCCCCCCC/C=C/C(O)C(COC1OC(CO)C(OC2OC(CO)C(O)C(OC3(C(=O)O)CC(O)C(NC(C)=O)C(C(O)C(O)CO)O3)C2O)C(O)C1O)NC(=O)CCCCCCCCCCCCCCC/C=C\CCCCCCCCCCCCCC. The third-order valence-electron chi connectivity index (χ3n) is 18.9. The molecule has 0 radical (unpaired) electrons. The Kier molecular flexibility index (Phi) is 47.5. The molecule has 0 saturated carbocycles. The van der Waals surface area contributed by atoms with Crippen LogP contribution in [0.5, 0.6) is 0 Å². The van der Waals surface area contributed by atoms with E-state index in [9.17, 15) is 75.7 Å². The molecular weight excluding hydrogens is 1230 g/mol. The monoisotopic (exact) mass is 1360 g/mol. The molecule has 0 bridgehead atoms. The molecular formula is C72H132N2O21. The largest absolute Gasteiger partial charge is 0.477 e. The summed E-state index contributed by atoms with van der Waals surface area (Å²) in [6, 6.07) is -2.62. The number of rotatable bonds is 57. The topological polar surface area (TPSA) is 373 Å². The normalized spacial score (nSPS) is 27.8. The number of hydrogen-bond acceptors (Lipinski definition) is 20. The van der Waals surface area contributed by atoms with Crippen LogP contribution in [0.25, 0.3) is 0 Å². The summed E-state index contributed by atoms with van der Waals surface area (Å²) in [6.45, 7) is 2.14. The molecule has 0 aromatic rings. The van der Waals surface area contributed by atoms with Gasteiger partial charge >= 0.3 is 5.97 Å². The molecule has 0 aromatic carbocycles. The van der Waals surface area contributed by atoms with E-state index in [0.717, 1.165) is 51.9 Å². The molecule has 556 valence electrons. The van der Waals surface area contributed by atoms with Crippen LogP contribution in [0.3, 0.4) is 0 Å². The summed E-state index contributed by atoms with van der Waals surface area (Å²) < 4.78 is 34.8. The van der Waals surface area contributed by atoms with Gasteiger partial charge in [-0.05, 0) is 44.9 Å². The molecule has 3 heterocycles. The molecule has 18 unspecified atom stereocenters. The maximum absolute atomic E-state index is 13.5. The highest BCUT2D eigenvalue weighted by Crippen LogP contribution is 2.39.